The first kappa shape index (κ1) is 18.9. The van der Waals surface area contributed by atoms with Crippen molar-refractivity contribution in [1.29, 1.82) is 0 Å². The number of hydrogen-bond donors (Lipinski definition) is 1. The number of piperazine rings is 2. The Morgan fingerprint density at radius 3 is 2.70 bits per heavy atom. The van der Waals surface area contributed by atoms with Crippen molar-refractivity contribution in [2.75, 3.05) is 26.2 Å². The van der Waals surface area contributed by atoms with Gasteiger partial charge in [0.05, 0.1) is 6.54 Å². The normalized spacial score (nSPS) is 19.7. The Labute approximate surface area is 177 Å². The molecular weight excluding hydrogens is 374 g/mol. The van der Waals surface area contributed by atoms with E-state index in [0.717, 1.165) is 49.5 Å². The zero-order valence-electron chi connectivity index (χ0n) is 17.1. The molecule has 0 aliphatic carbocycles. The standard InChI is InChI=1S/C25H27N3O2/c1-18-15-26-25(29)22-17-27(13-14-28(18)22)16-21-20-9-5-6-10-23(20)30-24(21)12-11-19-7-3-2-4-8-19/h2-10,22H,1,11-17H2,(H,26,29). The van der Waals surface area contributed by atoms with E-state index in [1.54, 1.807) is 0 Å². The van der Waals surface area contributed by atoms with E-state index < -0.39 is 0 Å². The van der Waals surface area contributed by atoms with Gasteiger partial charge in [-0.25, -0.2) is 0 Å². The van der Waals surface area contributed by atoms with Crippen molar-refractivity contribution >= 4 is 16.9 Å². The van der Waals surface area contributed by atoms with Gasteiger partial charge in [-0.15, -0.1) is 0 Å². The molecular formula is C25H27N3O2. The van der Waals surface area contributed by atoms with Gasteiger partial charge in [-0.3, -0.25) is 9.69 Å². The number of carbonyl (C=O) groups excluding carboxylic acids is 1. The third-order valence-electron chi connectivity index (χ3n) is 6.29. The highest BCUT2D eigenvalue weighted by atomic mass is 16.3. The van der Waals surface area contributed by atoms with Gasteiger partial charge in [0.25, 0.3) is 0 Å². The van der Waals surface area contributed by atoms with Gasteiger partial charge in [-0.1, -0.05) is 55.1 Å². The minimum atomic E-state index is -0.147. The molecule has 3 heterocycles. The molecule has 1 atom stereocenters. The van der Waals surface area contributed by atoms with Crippen molar-refractivity contribution in [2.24, 2.45) is 0 Å². The molecule has 0 saturated carbocycles. The third-order valence-corrected chi connectivity index (χ3v) is 6.29. The molecule has 1 unspecified atom stereocenters. The molecule has 1 amide bonds. The van der Waals surface area contributed by atoms with Crippen molar-refractivity contribution in [3.8, 4) is 0 Å². The summed E-state index contributed by atoms with van der Waals surface area (Å²) in [5, 5.41) is 4.15. The maximum absolute atomic E-state index is 12.4. The molecule has 2 saturated heterocycles. The monoisotopic (exact) mass is 401 g/mol. The summed E-state index contributed by atoms with van der Waals surface area (Å²) < 4.78 is 6.28. The van der Waals surface area contributed by atoms with Crippen LogP contribution in [0.3, 0.4) is 0 Å². The minimum Gasteiger partial charge on any atom is -0.461 e. The van der Waals surface area contributed by atoms with Crippen molar-refractivity contribution in [1.82, 2.24) is 15.1 Å². The first-order valence-electron chi connectivity index (χ1n) is 10.7. The number of nitrogens with zero attached hydrogens (tertiary/aromatic N) is 2. The lowest BCUT2D eigenvalue weighted by atomic mass is 10.0. The highest BCUT2D eigenvalue weighted by molar-refractivity contribution is 5.84. The summed E-state index contributed by atoms with van der Waals surface area (Å²) in [6.07, 6.45) is 1.82. The van der Waals surface area contributed by atoms with Crippen LogP contribution in [-0.2, 0) is 24.2 Å². The van der Waals surface area contributed by atoms with Crippen LogP contribution in [0.25, 0.3) is 11.0 Å². The summed E-state index contributed by atoms with van der Waals surface area (Å²) in [6.45, 7) is 7.94. The largest absolute Gasteiger partial charge is 0.461 e. The predicted octanol–water partition coefficient (Wildman–Crippen LogP) is 3.35. The molecule has 5 nitrogen and oxygen atoms in total. The number of amides is 1. The second-order valence-corrected chi connectivity index (χ2v) is 8.21. The Hall–Kier alpha value is -3.05. The fourth-order valence-corrected chi connectivity index (χ4v) is 4.65. The van der Waals surface area contributed by atoms with Crippen LogP contribution in [0.4, 0.5) is 0 Å². The maximum atomic E-state index is 12.4. The van der Waals surface area contributed by atoms with E-state index in [9.17, 15) is 4.79 Å². The molecule has 0 bridgehead atoms. The molecule has 154 valence electrons. The highest BCUT2D eigenvalue weighted by Gasteiger charge is 2.36. The van der Waals surface area contributed by atoms with Crippen LogP contribution in [0.2, 0.25) is 0 Å². The van der Waals surface area contributed by atoms with E-state index >= 15 is 0 Å². The lowest BCUT2D eigenvalue weighted by Crippen LogP contribution is -2.62. The van der Waals surface area contributed by atoms with Crippen LogP contribution in [0, 0.1) is 0 Å². The second kappa shape index (κ2) is 8.00. The van der Waals surface area contributed by atoms with E-state index in [-0.39, 0.29) is 11.9 Å². The van der Waals surface area contributed by atoms with Crippen molar-refractivity contribution < 1.29 is 9.21 Å². The summed E-state index contributed by atoms with van der Waals surface area (Å²) >= 11 is 0. The first-order valence-corrected chi connectivity index (χ1v) is 10.7. The molecule has 2 fully saturated rings. The molecule has 1 aromatic heterocycles. The van der Waals surface area contributed by atoms with Gasteiger partial charge in [-0.05, 0) is 18.1 Å². The molecule has 5 heteroatoms. The van der Waals surface area contributed by atoms with Gasteiger partial charge < -0.3 is 14.6 Å². The molecule has 0 spiro atoms. The van der Waals surface area contributed by atoms with Gasteiger partial charge in [-0.2, -0.15) is 0 Å². The summed E-state index contributed by atoms with van der Waals surface area (Å²) in [5.41, 5.74) is 4.52. The van der Waals surface area contributed by atoms with Crippen molar-refractivity contribution in [2.45, 2.75) is 25.4 Å². The lowest BCUT2D eigenvalue weighted by molar-refractivity contribution is -0.130. The topological polar surface area (TPSA) is 48.7 Å². The Morgan fingerprint density at radius 1 is 1.03 bits per heavy atom. The number of rotatable bonds is 5. The van der Waals surface area contributed by atoms with Gasteiger partial charge in [0.2, 0.25) is 5.91 Å². The zero-order valence-corrected chi connectivity index (χ0v) is 17.1. The predicted molar refractivity (Wildman–Crippen MR) is 118 cm³/mol. The lowest BCUT2D eigenvalue weighted by Gasteiger charge is -2.45. The van der Waals surface area contributed by atoms with Crippen LogP contribution >= 0.6 is 0 Å². The van der Waals surface area contributed by atoms with Gasteiger partial charge in [0.1, 0.15) is 17.4 Å². The van der Waals surface area contributed by atoms with E-state index in [1.807, 2.05) is 18.2 Å². The number of nitrogens with one attached hydrogen (secondary N) is 1. The Balaban J connectivity index is 1.38. The average molecular weight is 402 g/mol. The maximum Gasteiger partial charge on any atom is 0.244 e. The zero-order chi connectivity index (χ0) is 20.5. The van der Waals surface area contributed by atoms with E-state index in [2.05, 4.69) is 58.1 Å². The summed E-state index contributed by atoms with van der Waals surface area (Å²) in [6, 6.07) is 18.7. The summed E-state index contributed by atoms with van der Waals surface area (Å²) in [7, 11) is 0. The second-order valence-electron chi connectivity index (χ2n) is 8.21. The molecule has 5 rings (SSSR count). The van der Waals surface area contributed by atoms with Crippen molar-refractivity contribution in [3.05, 3.63) is 83.8 Å². The number of aryl methyl sites for hydroxylation is 2. The smallest absolute Gasteiger partial charge is 0.244 e. The molecule has 2 aliphatic rings. The van der Waals surface area contributed by atoms with Crippen LogP contribution < -0.4 is 5.32 Å². The SMILES string of the molecule is C=C1CNC(=O)C2CN(Cc3c(CCc4ccccc4)oc4ccccc34)CCN12. The number of carbonyl (C=O) groups is 1. The van der Waals surface area contributed by atoms with Gasteiger partial charge in [0, 0.05) is 49.2 Å². The number of benzene rings is 2. The van der Waals surface area contributed by atoms with Crippen LogP contribution in [0.5, 0.6) is 0 Å². The number of para-hydroxylation sites is 1. The quantitative estimate of drug-likeness (QED) is 0.712. The fourth-order valence-electron chi connectivity index (χ4n) is 4.65. The van der Waals surface area contributed by atoms with Crippen LogP contribution in [0.1, 0.15) is 16.9 Å². The van der Waals surface area contributed by atoms with Crippen LogP contribution in [0.15, 0.2) is 71.3 Å². The van der Waals surface area contributed by atoms with E-state index in [1.165, 1.54) is 16.5 Å². The Morgan fingerprint density at radius 2 is 1.83 bits per heavy atom. The number of fused-ring (bicyclic) bond motifs is 2. The van der Waals surface area contributed by atoms with Crippen molar-refractivity contribution in [3.63, 3.8) is 0 Å². The van der Waals surface area contributed by atoms with Gasteiger partial charge in [0.15, 0.2) is 0 Å². The molecule has 1 N–H and O–H groups in total. The minimum absolute atomic E-state index is 0.105. The number of hydrogen-bond acceptors (Lipinski definition) is 4. The van der Waals surface area contributed by atoms with Crippen LogP contribution in [-0.4, -0.2) is 47.9 Å². The summed E-state index contributed by atoms with van der Waals surface area (Å²) in [4.78, 5) is 17.0. The Kier molecular flexibility index (Phi) is 5.05. The molecule has 2 aliphatic heterocycles. The van der Waals surface area contributed by atoms with Gasteiger partial charge >= 0.3 is 0 Å². The fraction of sp³-hybridized carbons (Fsp3) is 0.320. The highest BCUT2D eigenvalue weighted by Crippen LogP contribution is 2.29. The first-order chi connectivity index (χ1) is 14.7. The molecule has 30 heavy (non-hydrogen) atoms. The van der Waals surface area contributed by atoms with E-state index in [0.29, 0.717) is 13.1 Å². The average Bonchev–Trinajstić information content (AvgIpc) is 3.13. The number of furan rings is 1. The third kappa shape index (κ3) is 3.61. The molecule has 0 radical (unpaired) electrons. The summed E-state index contributed by atoms with van der Waals surface area (Å²) in [5.74, 6) is 1.16. The molecule has 3 aromatic rings. The van der Waals surface area contributed by atoms with E-state index in [4.69, 9.17) is 4.42 Å². The molecule has 2 aromatic carbocycles. The Bertz CT molecular complexity index is 1070.